The van der Waals surface area contributed by atoms with Crippen molar-refractivity contribution in [3.8, 4) is 0 Å². The monoisotopic (exact) mass is 352 g/mol. The zero-order chi connectivity index (χ0) is 18.8. The number of nitrogens with zero attached hydrogens (tertiary/aromatic N) is 1. The van der Waals surface area contributed by atoms with Gasteiger partial charge in [-0.15, -0.1) is 0 Å². The van der Waals surface area contributed by atoms with Gasteiger partial charge in [0, 0.05) is 24.4 Å². The summed E-state index contributed by atoms with van der Waals surface area (Å²) in [6, 6.07) is 11.7. The molecule has 1 N–H and O–H groups in total. The first kappa shape index (κ1) is 17.9. The number of hydrogen-bond donors (Lipinski definition) is 1. The van der Waals surface area contributed by atoms with Crippen molar-refractivity contribution in [3.63, 3.8) is 0 Å². The highest BCUT2D eigenvalue weighted by Crippen LogP contribution is 2.22. The van der Waals surface area contributed by atoms with Gasteiger partial charge in [-0.3, -0.25) is 9.59 Å². The summed E-state index contributed by atoms with van der Waals surface area (Å²) in [4.78, 5) is 24.7. The second-order valence-corrected chi connectivity index (χ2v) is 6.57. The number of hydrogen-bond acceptors (Lipinski definition) is 2. The Morgan fingerprint density at radius 3 is 2.54 bits per heavy atom. The van der Waals surface area contributed by atoms with Crippen molar-refractivity contribution in [2.75, 3.05) is 5.32 Å². The number of carbonyl (C=O) groups is 1. The molecule has 0 saturated carbocycles. The average Bonchev–Trinajstić information content (AvgIpc) is 2.57. The highest BCUT2D eigenvalue weighted by molar-refractivity contribution is 5.91. The van der Waals surface area contributed by atoms with Gasteiger partial charge in [-0.05, 0) is 50.1 Å². The molecule has 3 aromatic rings. The molecule has 4 nitrogen and oxygen atoms in total. The van der Waals surface area contributed by atoms with Crippen molar-refractivity contribution >= 4 is 22.5 Å². The summed E-state index contributed by atoms with van der Waals surface area (Å²) in [6.07, 6.45) is 0.0831. The average molecular weight is 352 g/mol. The second-order valence-electron chi connectivity index (χ2n) is 6.57. The number of aryl methyl sites for hydroxylation is 4. The number of rotatable bonds is 4. The van der Waals surface area contributed by atoms with Crippen LogP contribution in [0.1, 0.15) is 23.1 Å². The first-order valence-corrected chi connectivity index (χ1v) is 8.52. The van der Waals surface area contributed by atoms with Gasteiger partial charge in [-0.2, -0.15) is 0 Å². The summed E-state index contributed by atoms with van der Waals surface area (Å²) in [5.74, 6) is -0.814. The Morgan fingerprint density at radius 2 is 1.81 bits per heavy atom. The maximum Gasteiger partial charge on any atom is 0.251 e. The van der Waals surface area contributed by atoms with Gasteiger partial charge in [0.25, 0.3) is 5.56 Å². The lowest BCUT2D eigenvalue weighted by atomic mass is 10.0. The van der Waals surface area contributed by atoms with E-state index in [9.17, 15) is 14.0 Å². The number of nitrogens with one attached hydrogen (secondary N) is 1. The minimum atomic E-state index is -0.481. The quantitative estimate of drug-likeness (QED) is 0.769. The number of anilines is 1. The van der Waals surface area contributed by atoms with Gasteiger partial charge in [0.05, 0.1) is 11.2 Å². The van der Waals surface area contributed by atoms with Crippen LogP contribution in [0, 0.1) is 26.6 Å². The predicted molar refractivity (Wildman–Crippen MR) is 102 cm³/mol. The van der Waals surface area contributed by atoms with Crippen LogP contribution < -0.4 is 10.9 Å². The van der Waals surface area contributed by atoms with Gasteiger partial charge in [-0.25, -0.2) is 4.39 Å². The van der Waals surface area contributed by atoms with Crippen molar-refractivity contribution < 1.29 is 9.18 Å². The first-order valence-electron chi connectivity index (χ1n) is 8.52. The van der Waals surface area contributed by atoms with Crippen molar-refractivity contribution in [1.82, 2.24) is 4.57 Å². The second kappa shape index (κ2) is 7.12. The van der Waals surface area contributed by atoms with Gasteiger partial charge in [-0.1, -0.05) is 23.8 Å². The third kappa shape index (κ3) is 3.52. The largest absolute Gasteiger partial charge is 0.324 e. The van der Waals surface area contributed by atoms with Crippen LogP contribution in [0.5, 0.6) is 0 Å². The van der Waals surface area contributed by atoms with Crippen LogP contribution in [0.15, 0.2) is 47.3 Å². The third-order valence-electron chi connectivity index (χ3n) is 4.46. The molecular formula is C21H21FN2O2. The molecule has 0 aliphatic heterocycles. The lowest BCUT2D eigenvalue weighted by molar-refractivity contribution is -0.116. The fourth-order valence-corrected chi connectivity index (χ4v) is 3.28. The van der Waals surface area contributed by atoms with E-state index >= 15 is 0 Å². The Bertz CT molecular complexity index is 1050. The Morgan fingerprint density at radius 1 is 1.08 bits per heavy atom. The van der Waals surface area contributed by atoms with Crippen molar-refractivity contribution in [3.05, 3.63) is 75.3 Å². The molecule has 0 aliphatic rings. The van der Waals surface area contributed by atoms with Crippen LogP contribution >= 0.6 is 0 Å². The maximum atomic E-state index is 13.7. The number of para-hydroxylation sites is 1. The van der Waals surface area contributed by atoms with E-state index in [2.05, 4.69) is 5.32 Å². The molecule has 2 aromatic carbocycles. The zero-order valence-electron chi connectivity index (χ0n) is 15.1. The Kier molecular flexibility index (Phi) is 4.89. The van der Waals surface area contributed by atoms with E-state index in [1.807, 2.05) is 32.9 Å². The molecule has 1 heterocycles. The van der Waals surface area contributed by atoms with Gasteiger partial charge in [0.2, 0.25) is 5.91 Å². The molecule has 1 aromatic heterocycles. The molecule has 134 valence electrons. The lowest BCUT2D eigenvalue weighted by Gasteiger charge is -2.15. The number of amides is 1. The molecule has 0 atom stereocenters. The Labute approximate surface area is 151 Å². The Hall–Kier alpha value is -2.95. The van der Waals surface area contributed by atoms with Gasteiger partial charge >= 0.3 is 0 Å². The zero-order valence-corrected chi connectivity index (χ0v) is 15.1. The molecule has 26 heavy (non-hydrogen) atoms. The Balaban J connectivity index is 1.88. The number of halogens is 1. The normalized spacial score (nSPS) is 10.9. The minimum absolute atomic E-state index is 0.0831. The van der Waals surface area contributed by atoms with Crippen LogP contribution in [0.2, 0.25) is 0 Å². The maximum absolute atomic E-state index is 13.7. The number of aromatic nitrogens is 1. The predicted octanol–water partition coefficient (Wildman–Crippen LogP) is 4.09. The van der Waals surface area contributed by atoms with Crippen LogP contribution in [-0.2, 0) is 11.3 Å². The van der Waals surface area contributed by atoms with Gasteiger partial charge in [0.1, 0.15) is 5.82 Å². The van der Waals surface area contributed by atoms with E-state index in [0.717, 1.165) is 27.6 Å². The fraction of sp³-hybridized carbons (Fsp3) is 0.238. The highest BCUT2D eigenvalue weighted by Gasteiger charge is 2.12. The fourth-order valence-electron chi connectivity index (χ4n) is 3.28. The molecule has 5 heteroatoms. The van der Waals surface area contributed by atoms with E-state index in [1.165, 1.54) is 12.1 Å². The molecule has 0 aliphatic carbocycles. The first-order chi connectivity index (χ1) is 12.4. The summed E-state index contributed by atoms with van der Waals surface area (Å²) in [5.41, 5.74) is 3.89. The molecular weight excluding hydrogens is 331 g/mol. The van der Waals surface area contributed by atoms with Crippen LogP contribution in [0.4, 0.5) is 10.1 Å². The smallest absolute Gasteiger partial charge is 0.251 e. The molecule has 3 rings (SSSR count). The van der Waals surface area contributed by atoms with E-state index < -0.39 is 5.82 Å². The standard InChI is InChI=1S/C21H21FN2O2/c1-13-10-15(3)21-16(11-13)14(2)12-20(26)24(21)9-8-19(25)23-18-7-5-4-6-17(18)22/h4-7,10-12H,8-9H2,1-3H3,(H,23,25). The summed E-state index contributed by atoms with van der Waals surface area (Å²) in [7, 11) is 0. The SMILES string of the molecule is Cc1cc(C)c2c(c1)c(C)cc(=O)n2CCC(=O)Nc1ccccc1F. The number of carbonyl (C=O) groups excluding carboxylic acids is 1. The van der Waals surface area contributed by atoms with Crippen LogP contribution in [-0.4, -0.2) is 10.5 Å². The summed E-state index contributed by atoms with van der Waals surface area (Å²) >= 11 is 0. The van der Waals surface area contributed by atoms with Gasteiger partial charge in [0.15, 0.2) is 0 Å². The molecule has 0 unspecified atom stereocenters. The number of benzene rings is 2. The van der Waals surface area contributed by atoms with Crippen LogP contribution in [0.3, 0.4) is 0 Å². The van der Waals surface area contributed by atoms with Crippen molar-refractivity contribution in [2.45, 2.75) is 33.7 Å². The van der Waals surface area contributed by atoms with Crippen molar-refractivity contribution in [2.24, 2.45) is 0 Å². The van der Waals surface area contributed by atoms with E-state index in [0.29, 0.717) is 0 Å². The summed E-state index contributed by atoms with van der Waals surface area (Å²) < 4.78 is 15.3. The molecule has 0 fully saturated rings. The van der Waals surface area contributed by atoms with Crippen molar-refractivity contribution in [1.29, 1.82) is 0 Å². The highest BCUT2D eigenvalue weighted by atomic mass is 19.1. The molecule has 0 bridgehead atoms. The number of fused-ring (bicyclic) bond motifs is 1. The minimum Gasteiger partial charge on any atom is -0.324 e. The van der Waals surface area contributed by atoms with E-state index in [1.54, 1.807) is 22.8 Å². The van der Waals surface area contributed by atoms with Gasteiger partial charge < -0.3 is 9.88 Å². The van der Waals surface area contributed by atoms with Crippen LogP contribution in [0.25, 0.3) is 10.9 Å². The lowest BCUT2D eigenvalue weighted by Crippen LogP contribution is -2.24. The summed E-state index contributed by atoms with van der Waals surface area (Å²) in [5, 5.41) is 3.56. The number of pyridine rings is 1. The topological polar surface area (TPSA) is 51.1 Å². The summed E-state index contributed by atoms with van der Waals surface area (Å²) in [6.45, 7) is 6.13. The van der Waals surface area contributed by atoms with E-state index in [4.69, 9.17) is 0 Å². The third-order valence-corrected chi connectivity index (χ3v) is 4.46. The molecule has 0 spiro atoms. The molecule has 0 radical (unpaired) electrons. The molecule has 1 amide bonds. The van der Waals surface area contributed by atoms with E-state index in [-0.39, 0.29) is 30.1 Å². The molecule has 0 saturated heterocycles.